The Hall–Kier alpha value is -9.03. The summed E-state index contributed by atoms with van der Waals surface area (Å²) < 4.78 is 7.09. The van der Waals surface area contributed by atoms with E-state index in [0.29, 0.717) is 0 Å². The maximum Gasteiger partial charge on any atom is 0.179 e. The van der Waals surface area contributed by atoms with E-state index in [1.165, 1.54) is 64.1 Å². The second kappa shape index (κ2) is 16.1. The van der Waals surface area contributed by atoms with Gasteiger partial charge in [-0.15, -0.1) is 0 Å². The second-order valence-electron chi connectivity index (χ2n) is 18.3. The number of para-hydroxylation sites is 6. The summed E-state index contributed by atoms with van der Waals surface area (Å²) in [6, 6.07) is 98.2. The van der Waals surface area contributed by atoms with E-state index >= 15 is 0 Å². The summed E-state index contributed by atoms with van der Waals surface area (Å²) in [6.45, 7) is 0. The minimum Gasteiger partial charge on any atom is -0.309 e. The average Bonchev–Trinajstić information content (AvgIpc) is 4.08. The van der Waals surface area contributed by atoms with E-state index in [9.17, 15) is 0 Å². The highest BCUT2D eigenvalue weighted by Crippen LogP contribution is 2.37. The summed E-state index contributed by atoms with van der Waals surface area (Å²) in [5, 5.41) is 12.7. The van der Waals surface area contributed by atoms with Crippen molar-refractivity contribution in [2.24, 2.45) is 0 Å². The predicted octanol–water partition coefficient (Wildman–Crippen LogP) is 13.4. The van der Waals surface area contributed by atoms with Gasteiger partial charge in [0.2, 0.25) is 0 Å². The van der Waals surface area contributed by atoms with E-state index < -0.39 is 8.07 Å². The fourth-order valence-electron chi connectivity index (χ4n) is 11.6. The molecule has 4 heterocycles. The summed E-state index contributed by atoms with van der Waals surface area (Å²) in [6.07, 6.45) is 0. The Bertz CT molecular complexity index is 3950. The third-order valence-corrected chi connectivity index (χ3v) is 19.4. The van der Waals surface area contributed by atoms with Crippen LogP contribution in [0.5, 0.6) is 0 Å². The molecule has 4 aromatic heterocycles. The minimum absolute atomic E-state index is 0.872. The molecule has 0 saturated heterocycles. The molecule has 0 radical (unpaired) electrons. The Morgan fingerprint density at radius 3 is 0.886 bits per heavy atom. The van der Waals surface area contributed by atoms with Crippen LogP contribution in [0.1, 0.15) is 0 Å². The zero-order valence-corrected chi connectivity index (χ0v) is 39.2. The van der Waals surface area contributed by atoms with Gasteiger partial charge in [-0.2, -0.15) is 0 Å². The molecule has 0 bridgehead atoms. The van der Waals surface area contributed by atoms with Crippen molar-refractivity contribution in [2.75, 3.05) is 0 Å². The van der Waals surface area contributed by atoms with Gasteiger partial charge in [0.25, 0.3) is 0 Å². The van der Waals surface area contributed by atoms with E-state index in [2.05, 4.69) is 281 Å². The van der Waals surface area contributed by atoms with Crippen molar-refractivity contribution in [3.05, 3.63) is 267 Å². The van der Waals surface area contributed by atoms with Gasteiger partial charge in [0.05, 0.1) is 33.1 Å². The molecule has 0 atom stereocenters. The van der Waals surface area contributed by atoms with Crippen LogP contribution in [0.4, 0.5) is 0 Å². The normalized spacial score (nSPS) is 12.0. The molecule has 0 aliphatic heterocycles. The Balaban J connectivity index is 0.978. The van der Waals surface area contributed by atoms with Gasteiger partial charge in [-0.3, -0.25) is 9.13 Å². The lowest BCUT2D eigenvalue weighted by Gasteiger charge is -2.34. The van der Waals surface area contributed by atoms with Gasteiger partial charge in [-0.25, -0.2) is 4.98 Å². The first kappa shape index (κ1) is 40.1. The first-order valence-corrected chi connectivity index (χ1v) is 26.0. The third kappa shape index (κ3) is 6.05. The maximum atomic E-state index is 5.61. The SMILES string of the molecule is c1ccc([Si](c2ccccc2)(c2ccc(-c3cc(-n4c5ccccc5c5ccccc54)nc(-n4c5ccccc5c5ccccc54)c3)cc2)c2ccc(-n3c4ccccc4c4ccccc43)cc2)cc1. The Labute approximate surface area is 406 Å². The van der Waals surface area contributed by atoms with Crippen LogP contribution in [0.25, 0.3) is 93.9 Å². The predicted molar refractivity (Wildman–Crippen MR) is 296 cm³/mol. The van der Waals surface area contributed by atoms with Gasteiger partial charge < -0.3 is 4.57 Å². The van der Waals surface area contributed by atoms with E-state index in [0.717, 1.165) is 50.5 Å². The molecule has 10 aromatic carbocycles. The summed E-state index contributed by atoms with van der Waals surface area (Å²) in [4.78, 5) is 5.61. The van der Waals surface area contributed by atoms with E-state index in [1.54, 1.807) is 0 Å². The van der Waals surface area contributed by atoms with Gasteiger partial charge in [-0.05, 0) is 92.5 Å². The molecule has 0 amide bonds. The van der Waals surface area contributed by atoms with Crippen LogP contribution in [-0.2, 0) is 0 Å². The summed E-state index contributed by atoms with van der Waals surface area (Å²) in [5.41, 5.74) is 10.3. The van der Waals surface area contributed by atoms with Crippen molar-refractivity contribution < 1.29 is 0 Å². The monoisotopic (exact) mass is 908 g/mol. The van der Waals surface area contributed by atoms with Crippen LogP contribution in [0.3, 0.4) is 0 Å². The lowest BCUT2D eigenvalue weighted by molar-refractivity contribution is 1.01. The average molecular weight is 909 g/mol. The van der Waals surface area contributed by atoms with Crippen LogP contribution < -0.4 is 20.7 Å². The van der Waals surface area contributed by atoms with Crippen LogP contribution in [-0.4, -0.2) is 26.8 Å². The third-order valence-electron chi connectivity index (χ3n) is 14.6. The van der Waals surface area contributed by atoms with E-state index in [4.69, 9.17) is 4.98 Å². The van der Waals surface area contributed by atoms with Crippen molar-refractivity contribution in [1.29, 1.82) is 0 Å². The number of nitrogens with zero attached hydrogens (tertiary/aromatic N) is 4. The molecule has 70 heavy (non-hydrogen) atoms. The van der Waals surface area contributed by atoms with Crippen molar-refractivity contribution in [2.45, 2.75) is 0 Å². The largest absolute Gasteiger partial charge is 0.309 e. The molecule has 328 valence electrons. The highest BCUT2D eigenvalue weighted by atomic mass is 28.3. The van der Waals surface area contributed by atoms with Crippen molar-refractivity contribution in [3.63, 3.8) is 0 Å². The van der Waals surface area contributed by atoms with Gasteiger partial charge >= 0.3 is 0 Å². The van der Waals surface area contributed by atoms with Gasteiger partial charge in [-0.1, -0.05) is 206 Å². The zero-order chi connectivity index (χ0) is 46.2. The summed E-state index contributed by atoms with van der Waals surface area (Å²) in [5.74, 6) is 1.74. The molecule has 0 spiro atoms. The van der Waals surface area contributed by atoms with Crippen LogP contribution in [0, 0.1) is 0 Å². The van der Waals surface area contributed by atoms with Gasteiger partial charge in [0, 0.05) is 38.0 Å². The molecule has 0 saturated carbocycles. The molecule has 14 rings (SSSR count). The van der Waals surface area contributed by atoms with Gasteiger partial charge in [0.15, 0.2) is 8.07 Å². The molecule has 5 heteroatoms. The lowest BCUT2D eigenvalue weighted by atomic mass is 10.1. The number of aromatic nitrogens is 4. The van der Waals surface area contributed by atoms with E-state index in [-0.39, 0.29) is 0 Å². The highest BCUT2D eigenvalue weighted by molar-refractivity contribution is 7.19. The quantitative estimate of drug-likeness (QED) is 0.110. The zero-order valence-electron chi connectivity index (χ0n) is 38.2. The van der Waals surface area contributed by atoms with E-state index in [1.807, 2.05) is 0 Å². The molecule has 14 aromatic rings. The number of hydrogen-bond donors (Lipinski definition) is 0. The minimum atomic E-state index is -2.90. The highest BCUT2D eigenvalue weighted by Gasteiger charge is 2.41. The smallest absolute Gasteiger partial charge is 0.179 e. The molecule has 0 fully saturated rings. The molecule has 0 aliphatic rings. The van der Waals surface area contributed by atoms with Crippen molar-refractivity contribution in [1.82, 2.24) is 18.7 Å². The second-order valence-corrected chi connectivity index (χ2v) is 22.1. The standard InChI is InChI=1S/C65H44N4Si/c1-3-19-48(20-4-1)70(49-21-5-2-6-22-49,51-41-37-47(38-42-51)67-58-29-13-7-23-52(58)53-24-8-14-30-59(53)67)50-39-35-45(36-40-50)46-43-64(68-60-31-15-9-25-54(60)55-26-10-16-32-61(55)68)66-65(44-46)69-62-33-17-11-27-56(62)57-28-12-18-34-63(57)69/h1-44H. The number of fused-ring (bicyclic) bond motifs is 9. The topological polar surface area (TPSA) is 27.7 Å². The first-order chi connectivity index (χ1) is 34.7. The Morgan fingerprint density at radius 1 is 0.243 bits per heavy atom. The fraction of sp³-hybridized carbons (Fsp3) is 0. The number of benzene rings is 10. The van der Waals surface area contributed by atoms with Crippen molar-refractivity contribution >= 4 is 94.2 Å². The molecule has 0 aliphatic carbocycles. The van der Waals surface area contributed by atoms with Crippen LogP contribution in [0.2, 0.25) is 0 Å². The first-order valence-electron chi connectivity index (χ1n) is 24.0. The maximum absolute atomic E-state index is 5.61. The Kier molecular flexibility index (Phi) is 9.19. The fourth-order valence-corrected chi connectivity index (χ4v) is 16.3. The molecule has 0 N–H and O–H groups in total. The summed E-state index contributed by atoms with van der Waals surface area (Å²) in [7, 11) is -2.90. The van der Waals surface area contributed by atoms with Crippen LogP contribution in [0.15, 0.2) is 267 Å². The molecule has 4 nitrogen and oxygen atoms in total. The van der Waals surface area contributed by atoms with Crippen molar-refractivity contribution in [3.8, 4) is 28.5 Å². The summed E-state index contributed by atoms with van der Waals surface area (Å²) >= 11 is 0. The molecular formula is C65H44N4Si. The molecule has 0 unspecified atom stereocenters. The number of pyridine rings is 1. The van der Waals surface area contributed by atoms with Gasteiger partial charge in [0.1, 0.15) is 11.6 Å². The lowest BCUT2D eigenvalue weighted by Crippen LogP contribution is -2.74. The number of rotatable bonds is 8. The van der Waals surface area contributed by atoms with Crippen LogP contribution >= 0.6 is 0 Å². The Morgan fingerprint density at radius 2 is 0.529 bits per heavy atom. The number of hydrogen-bond acceptors (Lipinski definition) is 1. The molecular weight excluding hydrogens is 865 g/mol.